The van der Waals surface area contributed by atoms with Gasteiger partial charge in [0, 0.05) is 29.3 Å². The first-order valence-corrected chi connectivity index (χ1v) is 8.89. The van der Waals surface area contributed by atoms with E-state index in [2.05, 4.69) is 15.0 Å². The predicted octanol–water partition coefficient (Wildman–Crippen LogP) is 3.57. The van der Waals surface area contributed by atoms with Crippen molar-refractivity contribution in [1.29, 1.82) is 0 Å². The zero-order valence-electron chi connectivity index (χ0n) is 11.8. The topological polar surface area (TPSA) is 58.9 Å². The van der Waals surface area contributed by atoms with Gasteiger partial charge in [-0.3, -0.25) is 0 Å². The van der Waals surface area contributed by atoms with E-state index in [1.54, 1.807) is 41.6 Å². The smallest absolute Gasteiger partial charge is 0.188 e. The Hall–Kier alpha value is -1.76. The Morgan fingerprint density at radius 2 is 1.86 bits per heavy atom. The maximum atomic E-state index is 10.1. The Morgan fingerprint density at radius 3 is 2.64 bits per heavy atom. The first-order chi connectivity index (χ1) is 10.8. The highest BCUT2D eigenvalue weighted by molar-refractivity contribution is 7.98. The molecule has 2 aromatic heterocycles. The fourth-order valence-corrected chi connectivity index (χ4v) is 3.69. The van der Waals surface area contributed by atoms with E-state index in [0.29, 0.717) is 11.6 Å². The van der Waals surface area contributed by atoms with Crippen molar-refractivity contribution >= 4 is 23.1 Å². The van der Waals surface area contributed by atoms with Crippen LogP contribution in [0.4, 0.5) is 0 Å². The van der Waals surface area contributed by atoms with Gasteiger partial charge in [-0.25, -0.2) is 15.0 Å². The van der Waals surface area contributed by atoms with Crippen molar-refractivity contribution in [3.05, 3.63) is 65.4 Å². The highest BCUT2D eigenvalue weighted by Gasteiger charge is 2.09. The Bertz CT molecular complexity index is 704. The van der Waals surface area contributed by atoms with Crippen LogP contribution in [-0.2, 0) is 5.75 Å². The summed E-state index contributed by atoms with van der Waals surface area (Å²) >= 11 is 3.22. The zero-order chi connectivity index (χ0) is 15.2. The first-order valence-electron chi connectivity index (χ1n) is 6.85. The molecule has 22 heavy (non-hydrogen) atoms. The van der Waals surface area contributed by atoms with Crippen molar-refractivity contribution in [2.24, 2.45) is 0 Å². The van der Waals surface area contributed by atoms with Gasteiger partial charge in [-0.15, -0.1) is 11.3 Å². The first kappa shape index (κ1) is 15.1. The monoisotopic (exact) mass is 329 g/mol. The SMILES string of the molecule is O[C@@H](CSCc1csc(-c2ncccn2)n1)c1ccccc1. The molecule has 3 rings (SSSR count). The van der Waals surface area contributed by atoms with Gasteiger partial charge in [0.2, 0.25) is 0 Å². The molecule has 0 amide bonds. The van der Waals surface area contributed by atoms with E-state index in [1.165, 1.54) is 0 Å². The summed E-state index contributed by atoms with van der Waals surface area (Å²) in [6.07, 6.45) is 2.99. The molecule has 1 atom stereocenters. The van der Waals surface area contributed by atoms with E-state index in [9.17, 15) is 5.11 Å². The van der Waals surface area contributed by atoms with E-state index in [1.807, 2.05) is 35.7 Å². The molecule has 0 unspecified atom stereocenters. The lowest BCUT2D eigenvalue weighted by Gasteiger charge is -2.09. The van der Waals surface area contributed by atoms with E-state index in [0.717, 1.165) is 22.0 Å². The number of thiazole rings is 1. The maximum Gasteiger partial charge on any atom is 0.188 e. The molecule has 1 aromatic carbocycles. The maximum absolute atomic E-state index is 10.1. The Kier molecular flexibility index (Phi) is 5.15. The minimum atomic E-state index is -0.443. The molecule has 0 radical (unpaired) electrons. The molecule has 1 N–H and O–H groups in total. The minimum absolute atomic E-state index is 0.443. The number of aliphatic hydroxyl groups excluding tert-OH is 1. The van der Waals surface area contributed by atoms with Gasteiger partial charge in [0.1, 0.15) is 0 Å². The third kappa shape index (κ3) is 3.91. The lowest BCUT2D eigenvalue weighted by atomic mass is 10.1. The lowest BCUT2D eigenvalue weighted by molar-refractivity contribution is 0.204. The zero-order valence-corrected chi connectivity index (χ0v) is 13.4. The van der Waals surface area contributed by atoms with Crippen LogP contribution in [-0.4, -0.2) is 25.8 Å². The molecule has 2 heterocycles. The quantitative estimate of drug-likeness (QED) is 0.749. The highest BCUT2D eigenvalue weighted by Crippen LogP contribution is 2.24. The van der Waals surface area contributed by atoms with Gasteiger partial charge in [-0.05, 0) is 11.6 Å². The average Bonchev–Trinajstić information content (AvgIpc) is 3.05. The molecule has 0 aliphatic rings. The number of rotatable bonds is 6. The molecule has 0 saturated carbocycles. The molecule has 6 heteroatoms. The lowest BCUT2D eigenvalue weighted by Crippen LogP contribution is -2.00. The summed E-state index contributed by atoms with van der Waals surface area (Å²) in [4.78, 5) is 12.9. The van der Waals surface area contributed by atoms with Gasteiger partial charge >= 0.3 is 0 Å². The summed E-state index contributed by atoms with van der Waals surface area (Å²) in [5.74, 6) is 2.08. The number of hydrogen-bond acceptors (Lipinski definition) is 6. The fraction of sp³-hybridized carbons (Fsp3) is 0.188. The number of benzene rings is 1. The number of thioether (sulfide) groups is 1. The normalized spacial score (nSPS) is 12.2. The van der Waals surface area contributed by atoms with Crippen molar-refractivity contribution in [3.8, 4) is 10.8 Å². The van der Waals surface area contributed by atoms with Crippen molar-refractivity contribution in [2.75, 3.05) is 5.75 Å². The van der Waals surface area contributed by atoms with Crippen LogP contribution in [0.1, 0.15) is 17.4 Å². The van der Waals surface area contributed by atoms with Crippen LogP contribution in [0.2, 0.25) is 0 Å². The Labute approximate surface area is 137 Å². The number of hydrogen-bond donors (Lipinski definition) is 1. The molecule has 0 aliphatic heterocycles. The van der Waals surface area contributed by atoms with Crippen LogP contribution in [0.15, 0.2) is 54.2 Å². The van der Waals surface area contributed by atoms with Crippen molar-refractivity contribution < 1.29 is 5.11 Å². The summed E-state index contributed by atoms with van der Waals surface area (Å²) in [6.45, 7) is 0. The standard InChI is InChI=1S/C16H15N3OS2/c20-14(12-5-2-1-3-6-12)11-21-9-13-10-22-16(19-13)15-17-7-4-8-18-15/h1-8,10,14,20H,9,11H2/t14-/m0/s1. The van der Waals surface area contributed by atoms with E-state index in [4.69, 9.17) is 0 Å². The van der Waals surface area contributed by atoms with Gasteiger partial charge in [0.15, 0.2) is 10.8 Å². The van der Waals surface area contributed by atoms with Gasteiger partial charge in [-0.1, -0.05) is 30.3 Å². The summed E-state index contributed by atoms with van der Waals surface area (Å²) < 4.78 is 0. The van der Waals surface area contributed by atoms with Crippen LogP contribution < -0.4 is 0 Å². The molecule has 0 aliphatic carbocycles. The molecular formula is C16H15N3OS2. The van der Waals surface area contributed by atoms with E-state index >= 15 is 0 Å². The second kappa shape index (κ2) is 7.49. The molecular weight excluding hydrogens is 314 g/mol. The summed E-state index contributed by atoms with van der Waals surface area (Å²) in [7, 11) is 0. The van der Waals surface area contributed by atoms with Crippen LogP contribution in [0, 0.1) is 0 Å². The number of aromatic nitrogens is 3. The third-order valence-corrected chi connectivity index (χ3v) is 4.96. The van der Waals surface area contributed by atoms with Crippen LogP contribution in [0.5, 0.6) is 0 Å². The minimum Gasteiger partial charge on any atom is -0.388 e. The Morgan fingerprint density at radius 1 is 1.09 bits per heavy atom. The van der Waals surface area contributed by atoms with Gasteiger partial charge in [0.05, 0.1) is 11.8 Å². The number of aliphatic hydroxyl groups is 1. The molecule has 0 fully saturated rings. The van der Waals surface area contributed by atoms with Crippen molar-refractivity contribution in [1.82, 2.24) is 15.0 Å². The number of nitrogens with zero attached hydrogens (tertiary/aromatic N) is 3. The van der Waals surface area contributed by atoms with Gasteiger partial charge in [0.25, 0.3) is 0 Å². The summed E-state index contributed by atoms with van der Waals surface area (Å²) in [6, 6.07) is 11.5. The molecule has 112 valence electrons. The Balaban J connectivity index is 1.53. The van der Waals surface area contributed by atoms with Crippen molar-refractivity contribution in [2.45, 2.75) is 11.9 Å². The molecule has 0 spiro atoms. The molecule has 0 saturated heterocycles. The van der Waals surface area contributed by atoms with E-state index < -0.39 is 6.10 Å². The van der Waals surface area contributed by atoms with Crippen molar-refractivity contribution in [3.63, 3.8) is 0 Å². The largest absolute Gasteiger partial charge is 0.388 e. The predicted molar refractivity (Wildman–Crippen MR) is 90.7 cm³/mol. The van der Waals surface area contributed by atoms with E-state index in [-0.39, 0.29) is 0 Å². The second-order valence-corrected chi connectivity index (χ2v) is 6.55. The second-order valence-electron chi connectivity index (χ2n) is 4.66. The highest BCUT2D eigenvalue weighted by atomic mass is 32.2. The molecule has 3 aromatic rings. The van der Waals surface area contributed by atoms with Gasteiger partial charge < -0.3 is 5.11 Å². The third-order valence-electron chi connectivity index (χ3n) is 3.02. The van der Waals surface area contributed by atoms with Gasteiger partial charge in [-0.2, -0.15) is 11.8 Å². The molecule has 4 nitrogen and oxygen atoms in total. The fourth-order valence-electron chi connectivity index (χ4n) is 1.93. The van der Waals surface area contributed by atoms with Crippen LogP contribution in [0.25, 0.3) is 10.8 Å². The summed E-state index contributed by atoms with van der Waals surface area (Å²) in [5.41, 5.74) is 1.95. The summed E-state index contributed by atoms with van der Waals surface area (Å²) in [5, 5.41) is 13.0. The average molecular weight is 329 g/mol. The van der Waals surface area contributed by atoms with Crippen LogP contribution >= 0.6 is 23.1 Å². The molecule has 0 bridgehead atoms. The van der Waals surface area contributed by atoms with Crippen LogP contribution in [0.3, 0.4) is 0 Å².